The highest BCUT2D eigenvalue weighted by molar-refractivity contribution is 5.88. The fraction of sp³-hybridized carbons (Fsp3) is 0.167. The lowest BCUT2D eigenvalue weighted by molar-refractivity contribution is 0.960. The second kappa shape index (κ2) is 1.91. The summed E-state index contributed by atoms with van der Waals surface area (Å²) in [7, 11) is 0. The number of hydrogen-bond donors (Lipinski definition) is 2. The minimum absolute atomic E-state index is 0.255. The van der Waals surface area contributed by atoms with Crippen LogP contribution in [0.15, 0.2) is 9.79 Å². The molecule has 0 spiro atoms. The zero-order chi connectivity index (χ0) is 7.84. The number of aromatic amines is 1. The number of nitrogens with zero attached hydrogens (tertiary/aromatic N) is 2. The van der Waals surface area contributed by atoms with Gasteiger partial charge in [0.15, 0.2) is 0 Å². The summed E-state index contributed by atoms with van der Waals surface area (Å²) in [4.78, 5) is 20.8. The first-order valence-electron chi connectivity index (χ1n) is 3.16. The molecule has 0 aliphatic carbocycles. The van der Waals surface area contributed by atoms with Crippen molar-refractivity contribution in [2.24, 2.45) is 4.99 Å². The maximum Gasteiger partial charge on any atom is 0.347 e. The average molecular weight is 150 g/mol. The van der Waals surface area contributed by atoms with Crippen molar-refractivity contribution < 1.29 is 0 Å². The number of nitrogens with one attached hydrogen (secondary N) is 1. The van der Waals surface area contributed by atoms with E-state index in [1.54, 1.807) is 6.21 Å². The van der Waals surface area contributed by atoms with Gasteiger partial charge in [-0.15, -0.1) is 0 Å². The molecule has 1 aliphatic rings. The molecule has 0 radical (unpaired) electrons. The molecule has 0 fully saturated rings. The van der Waals surface area contributed by atoms with Crippen molar-refractivity contribution in [2.45, 2.75) is 6.54 Å². The van der Waals surface area contributed by atoms with E-state index in [1.807, 2.05) is 0 Å². The number of H-pyrrole nitrogens is 1. The first-order chi connectivity index (χ1) is 5.27. The smallest absolute Gasteiger partial charge is 0.347 e. The molecule has 5 heteroatoms. The van der Waals surface area contributed by atoms with E-state index < -0.39 is 5.69 Å². The molecule has 0 atom stereocenters. The zero-order valence-electron chi connectivity index (χ0n) is 5.66. The predicted octanol–water partition coefficient (Wildman–Crippen LogP) is -0.715. The van der Waals surface area contributed by atoms with E-state index in [9.17, 15) is 4.79 Å². The van der Waals surface area contributed by atoms with E-state index in [1.165, 1.54) is 0 Å². The lowest BCUT2D eigenvalue weighted by Gasteiger charge is -1.97. The molecule has 0 saturated heterocycles. The Morgan fingerprint density at radius 2 is 2.45 bits per heavy atom. The lowest BCUT2D eigenvalue weighted by atomic mass is 10.2. The Morgan fingerprint density at radius 3 is 3.27 bits per heavy atom. The van der Waals surface area contributed by atoms with Gasteiger partial charge in [0.2, 0.25) is 0 Å². The fourth-order valence-electron chi connectivity index (χ4n) is 1.05. The molecule has 0 aromatic carbocycles. The highest BCUT2D eigenvalue weighted by atomic mass is 16.1. The molecule has 0 saturated carbocycles. The molecule has 1 aromatic heterocycles. The van der Waals surface area contributed by atoms with Crippen LogP contribution < -0.4 is 11.4 Å². The summed E-state index contributed by atoms with van der Waals surface area (Å²) in [5.41, 5.74) is 6.53. The van der Waals surface area contributed by atoms with Gasteiger partial charge in [0, 0.05) is 6.21 Å². The third-order valence-corrected chi connectivity index (χ3v) is 1.55. The van der Waals surface area contributed by atoms with E-state index in [0.717, 1.165) is 11.3 Å². The van der Waals surface area contributed by atoms with Crippen LogP contribution in [-0.2, 0) is 6.54 Å². The summed E-state index contributed by atoms with van der Waals surface area (Å²) >= 11 is 0. The zero-order valence-corrected chi connectivity index (χ0v) is 5.66. The molecule has 1 aromatic rings. The molecule has 3 N–H and O–H groups in total. The average Bonchev–Trinajstić information content (AvgIpc) is 2.34. The number of aromatic nitrogens is 2. The predicted molar refractivity (Wildman–Crippen MR) is 40.6 cm³/mol. The van der Waals surface area contributed by atoms with Crippen LogP contribution >= 0.6 is 0 Å². The van der Waals surface area contributed by atoms with Crippen LogP contribution in [0.5, 0.6) is 0 Å². The quantitative estimate of drug-likeness (QED) is 0.512. The van der Waals surface area contributed by atoms with Crippen LogP contribution in [0.1, 0.15) is 11.3 Å². The number of fused-ring (bicyclic) bond motifs is 1. The van der Waals surface area contributed by atoms with E-state index in [2.05, 4.69) is 15.0 Å². The number of anilines is 1. The number of hydrogen-bond acceptors (Lipinski definition) is 4. The van der Waals surface area contributed by atoms with E-state index >= 15 is 0 Å². The molecule has 0 unspecified atom stereocenters. The third-order valence-electron chi connectivity index (χ3n) is 1.55. The first kappa shape index (κ1) is 6.09. The van der Waals surface area contributed by atoms with Crippen molar-refractivity contribution in [3.63, 3.8) is 0 Å². The van der Waals surface area contributed by atoms with Gasteiger partial charge in [-0.1, -0.05) is 0 Å². The third kappa shape index (κ3) is 0.813. The Hall–Kier alpha value is -1.65. The summed E-state index contributed by atoms with van der Waals surface area (Å²) in [6, 6.07) is 0. The lowest BCUT2D eigenvalue weighted by Crippen LogP contribution is -2.16. The largest absolute Gasteiger partial charge is 0.383 e. The molecule has 11 heavy (non-hydrogen) atoms. The monoisotopic (exact) mass is 150 g/mol. The van der Waals surface area contributed by atoms with Crippen LogP contribution in [0.25, 0.3) is 0 Å². The minimum Gasteiger partial charge on any atom is -0.383 e. The van der Waals surface area contributed by atoms with Gasteiger partial charge in [-0.25, -0.2) is 4.79 Å². The molecular formula is C6H6N4O. The van der Waals surface area contributed by atoms with Crippen molar-refractivity contribution in [1.82, 2.24) is 9.97 Å². The van der Waals surface area contributed by atoms with Crippen LogP contribution in [0.3, 0.4) is 0 Å². The van der Waals surface area contributed by atoms with Crippen LogP contribution in [-0.4, -0.2) is 16.2 Å². The van der Waals surface area contributed by atoms with Gasteiger partial charge in [0.05, 0.1) is 17.8 Å². The standard InChI is InChI=1S/C6H6N4O/c7-5-3-1-8-2-4(3)9-6(11)10-5/h1H,2H2,(H3,7,9,10,11). The van der Waals surface area contributed by atoms with Gasteiger partial charge in [-0.05, 0) is 0 Å². The summed E-state index contributed by atoms with van der Waals surface area (Å²) in [5, 5.41) is 0. The fourth-order valence-corrected chi connectivity index (χ4v) is 1.05. The molecule has 2 heterocycles. The summed E-state index contributed by atoms with van der Waals surface area (Å²) in [6.07, 6.45) is 1.62. The molecule has 1 aliphatic heterocycles. The van der Waals surface area contributed by atoms with E-state index in [0.29, 0.717) is 6.54 Å². The second-order valence-electron chi connectivity index (χ2n) is 2.29. The van der Waals surface area contributed by atoms with Gasteiger partial charge in [-0.3, -0.25) is 4.99 Å². The van der Waals surface area contributed by atoms with Crippen molar-refractivity contribution in [2.75, 3.05) is 5.73 Å². The highest BCUT2D eigenvalue weighted by Crippen LogP contribution is 2.13. The van der Waals surface area contributed by atoms with Crippen molar-refractivity contribution in [1.29, 1.82) is 0 Å². The second-order valence-corrected chi connectivity index (χ2v) is 2.29. The van der Waals surface area contributed by atoms with Gasteiger partial charge in [-0.2, -0.15) is 4.98 Å². The van der Waals surface area contributed by atoms with Gasteiger partial charge >= 0.3 is 5.69 Å². The van der Waals surface area contributed by atoms with Crippen molar-refractivity contribution in [3.05, 3.63) is 21.7 Å². The highest BCUT2D eigenvalue weighted by Gasteiger charge is 2.11. The Bertz CT molecular complexity index is 379. The molecule has 5 nitrogen and oxygen atoms in total. The van der Waals surface area contributed by atoms with Crippen LogP contribution in [0.2, 0.25) is 0 Å². The minimum atomic E-state index is -0.410. The number of aliphatic imine (C=N–C) groups is 1. The SMILES string of the molecule is Nc1nc(=O)[nH]c2c1C=NC2. The van der Waals surface area contributed by atoms with E-state index in [4.69, 9.17) is 5.73 Å². The molecular weight excluding hydrogens is 144 g/mol. The first-order valence-corrected chi connectivity index (χ1v) is 3.16. The summed E-state index contributed by atoms with van der Waals surface area (Å²) in [6.45, 7) is 0.497. The van der Waals surface area contributed by atoms with Crippen LogP contribution in [0, 0.1) is 0 Å². The molecule has 0 bridgehead atoms. The van der Waals surface area contributed by atoms with Gasteiger partial charge < -0.3 is 10.7 Å². The number of rotatable bonds is 0. The Labute approximate surface area is 62.0 Å². The number of nitrogen functional groups attached to an aromatic ring is 1. The summed E-state index contributed by atoms with van der Waals surface area (Å²) in [5.74, 6) is 0.255. The maximum absolute atomic E-state index is 10.7. The van der Waals surface area contributed by atoms with E-state index in [-0.39, 0.29) is 5.82 Å². The Morgan fingerprint density at radius 1 is 1.64 bits per heavy atom. The molecule has 0 amide bonds. The van der Waals surface area contributed by atoms with Crippen LogP contribution in [0.4, 0.5) is 5.82 Å². The Balaban J connectivity index is 2.76. The topological polar surface area (TPSA) is 84.1 Å². The van der Waals surface area contributed by atoms with Gasteiger partial charge in [0.1, 0.15) is 5.82 Å². The maximum atomic E-state index is 10.7. The normalized spacial score (nSPS) is 13.5. The van der Waals surface area contributed by atoms with Crippen molar-refractivity contribution in [3.8, 4) is 0 Å². The summed E-state index contributed by atoms with van der Waals surface area (Å²) < 4.78 is 0. The number of nitrogens with two attached hydrogens (primary N) is 1. The van der Waals surface area contributed by atoms with Gasteiger partial charge in [0.25, 0.3) is 0 Å². The molecule has 2 rings (SSSR count). The molecule has 56 valence electrons. The van der Waals surface area contributed by atoms with Crippen molar-refractivity contribution >= 4 is 12.0 Å². The Kier molecular flexibility index (Phi) is 1.06.